The molecule has 24 heavy (non-hydrogen) atoms. The average Bonchev–Trinajstić information content (AvgIpc) is 3.07. The zero-order chi connectivity index (χ0) is 16.9. The molecule has 0 unspecified atom stereocenters. The predicted octanol–water partition coefficient (Wildman–Crippen LogP) is 3.81. The third-order valence-corrected chi connectivity index (χ3v) is 3.67. The van der Waals surface area contributed by atoms with Crippen LogP contribution in [0.3, 0.4) is 0 Å². The number of aryl methyl sites for hydroxylation is 2. The first-order valence-electron chi connectivity index (χ1n) is 7.80. The maximum atomic E-state index is 12.0. The fourth-order valence-corrected chi connectivity index (χ4v) is 2.60. The monoisotopic (exact) mass is 320 g/mol. The van der Waals surface area contributed by atoms with Gasteiger partial charge in [0.2, 0.25) is 0 Å². The summed E-state index contributed by atoms with van der Waals surface area (Å²) < 4.78 is 1.93. The Kier molecular flexibility index (Phi) is 4.61. The van der Waals surface area contributed by atoms with E-state index in [1.807, 2.05) is 61.0 Å². The quantitative estimate of drug-likeness (QED) is 0.768. The Hall–Kier alpha value is -3.08. The van der Waals surface area contributed by atoms with E-state index in [1.165, 1.54) is 0 Å². The molecule has 0 aliphatic rings. The summed E-state index contributed by atoms with van der Waals surface area (Å²) in [7, 11) is 0. The van der Waals surface area contributed by atoms with Gasteiger partial charge in [-0.3, -0.25) is 0 Å². The topological polar surface area (TPSA) is 59.0 Å². The molecule has 3 aromatic rings. The fourth-order valence-electron chi connectivity index (χ4n) is 2.60. The van der Waals surface area contributed by atoms with Crippen molar-refractivity contribution in [1.29, 1.82) is 0 Å². The fraction of sp³-hybridized carbons (Fsp3) is 0.158. The minimum absolute atomic E-state index is 0.210. The minimum Gasteiger partial charge on any atom is -0.334 e. The molecule has 0 fully saturated rings. The van der Waals surface area contributed by atoms with Crippen LogP contribution < -0.4 is 10.6 Å². The number of carbonyl (C=O) groups excluding carboxylic acids is 1. The Morgan fingerprint density at radius 2 is 1.79 bits per heavy atom. The molecule has 1 aromatic heterocycles. The molecule has 0 aliphatic heterocycles. The summed E-state index contributed by atoms with van der Waals surface area (Å²) in [4.78, 5) is 16.1. The molecular formula is C19H20N4O. The Balaban J connectivity index is 1.56. The smallest absolute Gasteiger partial charge is 0.319 e. The Bertz CT molecular complexity index is 803. The first kappa shape index (κ1) is 15.8. The van der Waals surface area contributed by atoms with Gasteiger partial charge in [-0.05, 0) is 54.8 Å². The number of amides is 2. The van der Waals surface area contributed by atoms with Crippen molar-refractivity contribution in [3.8, 4) is 5.69 Å². The van der Waals surface area contributed by atoms with Crippen LogP contribution in [-0.2, 0) is 6.54 Å². The summed E-state index contributed by atoms with van der Waals surface area (Å²) in [6, 6.07) is 13.8. The lowest BCUT2D eigenvalue weighted by atomic mass is 10.1. The highest BCUT2D eigenvalue weighted by Crippen LogP contribution is 2.14. The van der Waals surface area contributed by atoms with E-state index in [0.717, 1.165) is 28.1 Å². The number of nitrogens with zero attached hydrogens (tertiary/aromatic N) is 2. The molecule has 2 N–H and O–H groups in total. The van der Waals surface area contributed by atoms with Gasteiger partial charge in [0.1, 0.15) is 0 Å². The lowest BCUT2D eigenvalue weighted by molar-refractivity contribution is 0.251. The van der Waals surface area contributed by atoms with E-state index >= 15 is 0 Å². The second kappa shape index (κ2) is 7.00. The van der Waals surface area contributed by atoms with Crippen LogP contribution >= 0.6 is 0 Å². The Morgan fingerprint density at radius 1 is 1.08 bits per heavy atom. The number of rotatable bonds is 4. The van der Waals surface area contributed by atoms with Gasteiger partial charge in [0.15, 0.2) is 0 Å². The molecule has 0 radical (unpaired) electrons. The number of hydrogen-bond acceptors (Lipinski definition) is 2. The largest absolute Gasteiger partial charge is 0.334 e. The second-order valence-electron chi connectivity index (χ2n) is 5.82. The zero-order valence-electron chi connectivity index (χ0n) is 13.8. The molecule has 2 aromatic carbocycles. The first-order valence-corrected chi connectivity index (χ1v) is 7.80. The van der Waals surface area contributed by atoms with Crippen molar-refractivity contribution in [2.45, 2.75) is 20.4 Å². The SMILES string of the molecule is Cc1cc(C)cc(NC(=O)NCc2ccc(-n3ccnc3)cc2)c1. The highest BCUT2D eigenvalue weighted by atomic mass is 16.2. The maximum absolute atomic E-state index is 12.0. The summed E-state index contributed by atoms with van der Waals surface area (Å²) in [5.74, 6) is 0. The van der Waals surface area contributed by atoms with Crippen LogP contribution in [0.1, 0.15) is 16.7 Å². The highest BCUT2D eigenvalue weighted by Gasteiger charge is 2.03. The number of anilines is 1. The lowest BCUT2D eigenvalue weighted by Crippen LogP contribution is -2.28. The molecule has 0 saturated heterocycles. The van der Waals surface area contributed by atoms with Gasteiger partial charge < -0.3 is 15.2 Å². The van der Waals surface area contributed by atoms with E-state index in [2.05, 4.69) is 21.7 Å². The van der Waals surface area contributed by atoms with E-state index in [-0.39, 0.29) is 6.03 Å². The number of benzene rings is 2. The van der Waals surface area contributed by atoms with Gasteiger partial charge >= 0.3 is 6.03 Å². The van der Waals surface area contributed by atoms with Gasteiger partial charge in [0.25, 0.3) is 0 Å². The van der Waals surface area contributed by atoms with Crippen LogP contribution in [-0.4, -0.2) is 15.6 Å². The molecule has 2 amide bonds. The van der Waals surface area contributed by atoms with Crippen LogP contribution in [0.2, 0.25) is 0 Å². The van der Waals surface area contributed by atoms with Gasteiger partial charge in [-0.25, -0.2) is 9.78 Å². The predicted molar refractivity (Wildman–Crippen MR) is 95.3 cm³/mol. The standard InChI is InChI=1S/C19H20N4O/c1-14-9-15(2)11-17(10-14)22-19(24)21-12-16-3-5-18(6-4-16)23-8-7-20-13-23/h3-11,13H,12H2,1-2H3,(H2,21,22,24). The molecule has 0 saturated carbocycles. The van der Waals surface area contributed by atoms with Gasteiger partial charge in [-0.2, -0.15) is 0 Å². The van der Waals surface area contributed by atoms with Gasteiger partial charge in [-0.15, -0.1) is 0 Å². The van der Waals surface area contributed by atoms with Crippen LogP contribution in [0.5, 0.6) is 0 Å². The van der Waals surface area contributed by atoms with Gasteiger partial charge in [0.05, 0.1) is 6.33 Å². The molecule has 0 bridgehead atoms. The average molecular weight is 320 g/mol. The summed E-state index contributed by atoms with van der Waals surface area (Å²) in [5.41, 5.74) is 5.13. The van der Waals surface area contributed by atoms with E-state index in [4.69, 9.17) is 0 Å². The third kappa shape index (κ3) is 4.01. The number of carbonyl (C=O) groups is 1. The van der Waals surface area contributed by atoms with E-state index < -0.39 is 0 Å². The van der Waals surface area contributed by atoms with Crippen LogP contribution in [0, 0.1) is 13.8 Å². The normalized spacial score (nSPS) is 10.4. The molecule has 3 rings (SSSR count). The molecule has 5 nitrogen and oxygen atoms in total. The number of urea groups is 1. The van der Waals surface area contributed by atoms with Crippen molar-refractivity contribution in [1.82, 2.24) is 14.9 Å². The number of hydrogen-bond donors (Lipinski definition) is 2. The van der Waals surface area contributed by atoms with Crippen molar-refractivity contribution < 1.29 is 4.79 Å². The lowest BCUT2D eigenvalue weighted by Gasteiger charge is -2.10. The van der Waals surface area contributed by atoms with Crippen LogP contribution in [0.4, 0.5) is 10.5 Å². The maximum Gasteiger partial charge on any atom is 0.319 e. The summed E-state index contributed by atoms with van der Waals surface area (Å²) in [6.45, 7) is 4.50. The minimum atomic E-state index is -0.210. The molecule has 5 heteroatoms. The van der Waals surface area contributed by atoms with E-state index in [0.29, 0.717) is 6.54 Å². The Morgan fingerprint density at radius 3 is 2.42 bits per heavy atom. The van der Waals surface area contributed by atoms with Crippen molar-refractivity contribution in [2.24, 2.45) is 0 Å². The Labute approximate surface area is 141 Å². The van der Waals surface area contributed by atoms with E-state index in [1.54, 1.807) is 12.5 Å². The molecule has 1 heterocycles. The summed E-state index contributed by atoms with van der Waals surface area (Å²) in [5, 5.41) is 5.74. The van der Waals surface area contributed by atoms with Gasteiger partial charge in [-0.1, -0.05) is 18.2 Å². The molecule has 0 aliphatic carbocycles. The number of imidazole rings is 1. The van der Waals surface area contributed by atoms with Crippen LogP contribution in [0.25, 0.3) is 5.69 Å². The number of aromatic nitrogens is 2. The van der Waals surface area contributed by atoms with Gasteiger partial charge in [0, 0.05) is 30.3 Å². The van der Waals surface area contributed by atoms with E-state index in [9.17, 15) is 4.79 Å². The highest BCUT2D eigenvalue weighted by molar-refractivity contribution is 5.89. The first-order chi connectivity index (χ1) is 11.6. The van der Waals surface area contributed by atoms with Crippen molar-refractivity contribution in [2.75, 3.05) is 5.32 Å². The zero-order valence-corrected chi connectivity index (χ0v) is 13.8. The van der Waals surface area contributed by atoms with Crippen molar-refractivity contribution in [3.05, 3.63) is 77.9 Å². The molecule has 0 atom stereocenters. The number of nitrogens with one attached hydrogen (secondary N) is 2. The van der Waals surface area contributed by atoms with Crippen molar-refractivity contribution in [3.63, 3.8) is 0 Å². The second-order valence-corrected chi connectivity index (χ2v) is 5.82. The van der Waals surface area contributed by atoms with Crippen molar-refractivity contribution >= 4 is 11.7 Å². The molecule has 122 valence electrons. The summed E-state index contributed by atoms with van der Waals surface area (Å²) in [6.07, 6.45) is 5.39. The molecule has 0 spiro atoms. The third-order valence-electron chi connectivity index (χ3n) is 3.67. The summed E-state index contributed by atoms with van der Waals surface area (Å²) >= 11 is 0. The molecular weight excluding hydrogens is 300 g/mol. The van der Waals surface area contributed by atoms with Crippen LogP contribution in [0.15, 0.2) is 61.2 Å².